The van der Waals surface area contributed by atoms with Gasteiger partial charge in [0.05, 0.1) is 6.42 Å². The summed E-state index contributed by atoms with van der Waals surface area (Å²) in [5, 5.41) is 4.85. The van der Waals surface area contributed by atoms with Crippen LogP contribution in [0.25, 0.3) is 10.8 Å². The third-order valence-electron chi connectivity index (χ3n) is 3.25. The first-order valence-corrected chi connectivity index (χ1v) is 7.34. The number of fused-ring (bicyclic) bond motifs is 1. The first-order valence-electron chi connectivity index (χ1n) is 7.34. The Morgan fingerprint density at radius 2 is 1.73 bits per heavy atom. The second kappa shape index (κ2) is 6.60. The van der Waals surface area contributed by atoms with E-state index in [2.05, 4.69) is 5.32 Å². The Morgan fingerprint density at radius 1 is 1.05 bits per heavy atom. The fraction of sp³-hybridized carbons (Fsp3) is 0.333. The number of carbonyl (C=O) groups excluding carboxylic acids is 2. The second-order valence-corrected chi connectivity index (χ2v) is 6.24. The SMILES string of the molecule is CC(C)(C)C(=O)NCCC(=O)Oc1ccc2ccccc2c1. The maximum Gasteiger partial charge on any atom is 0.312 e. The first kappa shape index (κ1) is 16.0. The number of hydrogen-bond acceptors (Lipinski definition) is 3. The predicted octanol–water partition coefficient (Wildman–Crippen LogP) is 3.30. The highest BCUT2D eigenvalue weighted by molar-refractivity contribution is 5.85. The van der Waals surface area contributed by atoms with Crippen LogP contribution >= 0.6 is 0 Å². The van der Waals surface area contributed by atoms with Crippen molar-refractivity contribution in [2.24, 2.45) is 5.41 Å². The monoisotopic (exact) mass is 299 g/mol. The first-order chi connectivity index (χ1) is 10.4. The van der Waals surface area contributed by atoms with Gasteiger partial charge in [-0.15, -0.1) is 0 Å². The highest BCUT2D eigenvalue weighted by atomic mass is 16.5. The second-order valence-electron chi connectivity index (χ2n) is 6.24. The molecule has 0 bridgehead atoms. The van der Waals surface area contributed by atoms with E-state index in [-0.39, 0.29) is 24.8 Å². The van der Waals surface area contributed by atoms with Gasteiger partial charge in [-0.05, 0) is 22.9 Å². The van der Waals surface area contributed by atoms with E-state index < -0.39 is 5.41 Å². The van der Waals surface area contributed by atoms with Gasteiger partial charge in [0.1, 0.15) is 5.75 Å². The van der Waals surface area contributed by atoms with Crippen LogP contribution in [0, 0.1) is 5.41 Å². The van der Waals surface area contributed by atoms with Gasteiger partial charge < -0.3 is 10.1 Å². The van der Waals surface area contributed by atoms with E-state index in [4.69, 9.17) is 4.74 Å². The molecule has 0 radical (unpaired) electrons. The summed E-state index contributed by atoms with van der Waals surface area (Å²) in [6.45, 7) is 5.77. The van der Waals surface area contributed by atoms with Crippen LogP contribution in [0.4, 0.5) is 0 Å². The molecule has 0 heterocycles. The van der Waals surface area contributed by atoms with E-state index >= 15 is 0 Å². The van der Waals surface area contributed by atoms with Gasteiger partial charge in [0.2, 0.25) is 5.91 Å². The summed E-state index contributed by atoms with van der Waals surface area (Å²) in [7, 11) is 0. The van der Waals surface area contributed by atoms with E-state index in [0.717, 1.165) is 10.8 Å². The number of ether oxygens (including phenoxy) is 1. The Morgan fingerprint density at radius 3 is 2.41 bits per heavy atom. The van der Waals surface area contributed by atoms with Gasteiger partial charge >= 0.3 is 5.97 Å². The number of carbonyl (C=O) groups is 2. The highest BCUT2D eigenvalue weighted by Gasteiger charge is 2.20. The molecule has 0 aromatic heterocycles. The van der Waals surface area contributed by atoms with Crippen molar-refractivity contribution in [3.05, 3.63) is 42.5 Å². The number of amides is 1. The van der Waals surface area contributed by atoms with E-state index in [1.54, 1.807) is 6.07 Å². The molecule has 0 saturated carbocycles. The summed E-state index contributed by atoms with van der Waals surface area (Å²) >= 11 is 0. The Balaban J connectivity index is 1.87. The van der Waals surface area contributed by atoms with Crippen LogP contribution in [0.5, 0.6) is 5.75 Å². The fourth-order valence-electron chi connectivity index (χ4n) is 1.96. The molecule has 2 rings (SSSR count). The highest BCUT2D eigenvalue weighted by Crippen LogP contribution is 2.20. The van der Waals surface area contributed by atoms with Crippen LogP contribution < -0.4 is 10.1 Å². The molecule has 0 spiro atoms. The van der Waals surface area contributed by atoms with Crippen molar-refractivity contribution in [2.45, 2.75) is 27.2 Å². The maximum absolute atomic E-state index is 11.8. The minimum absolute atomic E-state index is 0.0778. The van der Waals surface area contributed by atoms with E-state index in [1.807, 2.05) is 57.2 Å². The third-order valence-corrected chi connectivity index (χ3v) is 3.25. The van der Waals surface area contributed by atoms with Gasteiger partial charge in [-0.25, -0.2) is 0 Å². The van der Waals surface area contributed by atoms with Crippen molar-refractivity contribution in [3.8, 4) is 5.75 Å². The van der Waals surface area contributed by atoms with Crippen LogP contribution in [-0.4, -0.2) is 18.4 Å². The zero-order chi connectivity index (χ0) is 16.2. The lowest BCUT2D eigenvalue weighted by Gasteiger charge is -2.17. The lowest BCUT2D eigenvalue weighted by Crippen LogP contribution is -2.36. The normalized spacial score (nSPS) is 11.2. The predicted molar refractivity (Wildman–Crippen MR) is 86.7 cm³/mol. The molecular weight excluding hydrogens is 278 g/mol. The van der Waals surface area contributed by atoms with Gasteiger partial charge in [-0.3, -0.25) is 9.59 Å². The topological polar surface area (TPSA) is 55.4 Å². The summed E-state index contributed by atoms with van der Waals surface area (Å²) in [4.78, 5) is 23.5. The molecule has 0 aliphatic carbocycles. The Hall–Kier alpha value is -2.36. The molecule has 0 unspecified atom stereocenters. The van der Waals surface area contributed by atoms with Gasteiger partial charge in [-0.1, -0.05) is 51.1 Å². The molecule has 0 atom stereocenters. The third kappa shape index (κ3) is 4.32. The average molecular weight is 299 g/mol. The van der Waals surface area contributed by atoms with Gasteiger partial charge in [-0.2, -0.15) is 0 Å². The van der Waals surface area contributed by atoms with Crippen LogP contribution in [0.15, 0.2) is 42.5 Å². The summed E-state index contributed by atoms with van der Waals surface area (Å²) in [6, 6.07) is 13.4. The number of hydrogen-bond donors (Lipinski definition) is 1. The number of rotatable bonds is 4. The van der Waals surface area contributed by atoms with Crippen LogP contribution in [0.2, 0.25) is 0 Å². The molecule has 0 saturated heterocycles. The molecule has 22 heavy (non-hydrogen) atoms. The van der Waals surface area contributed by atoms with Gasteiger partial charge in [0.25, 0.3) is 0 Å². The Kier molecular flexibility index (Phi) is 4.81. The van der Waals surface area contributed by atoms with Crippen molar-refractivity contribution < 1.29 is 14.3 Å². The van der Waals surface area contributed by atoms with Crippen molar-refractivity contribution in [1.82, 2.24) is 5.32 Å². The van der Waals surface area contributed by atoms with Gasteiger partial charge in [0.15, 0.2) is 0 Å². The molecule has 4 heteroatoms. The standard InChI is InChI=1S/C18H21NO3/c1-18(2,3)17(21)19-11-10-16(20)22-15-9-8-13-6-4-5-7-14(13)12-15/h4-9,12H,10-11H2,1-3H3,(H,19,21). The van der Waals surface area contributed by atoms with E-state index in [0.29, 0.717) is 5.75 Å². The van der Waals surface area contributed by atoms with E-state index in [1.165, 1.54) is 0 Å². The number of esters is 1. The molecule has 4 nitrogen and oxygen atoms in total. The fourth-order valence-corrected chi connectivity index (χ4v) is 1.96. The molecule has 0 aliphatic heterocycles. The summed E-state index contributed by atoms with van der Waals surface area (Å²) in [6.07, 6.45) is 0.147. The lowest BCUT2D eigenvalue weighted by molar-refractivity contribution is -0.134. The van der Waals surface area contributed by atoms with Crippen molar-refractivity contribution in [2.75, 3.05) is 6.54 Å². The molecule has 1 amide bonds. The summed E-state index contributed by atoms with van der Waals surface area (Å²) < 4.78 is 5.30. The zero-order valence-corrected chi connectivity index (χ0v) is 13.2. The Labute approximate surface area is 130 Å². The average Bonchev–Trinajstić information content (AvgIpc) is 2.46. The maximum atomic E-state index is 11.8. The van der Waals surface area contributed by atoms with Crippen LogP contribution in [-0.2, 0) is 9.59 Å². The lowest BCUT2D eigenvalue weighted by atomic mass is 9.96. The molecule has 0 aliphatic rings. The molecule has 2 aromatic carbocycles. The summed E-state index contributed by atoms with van der Waals surface area (Å²) in [5.74, 6) is 0.0846. The van der Waals surface area contributed by atoms with Crippen molar-refractivity contribution >= 4 is 22.6 Å². The van der Waals surface area contributed by atoms with Gasteiger partial charge in [0, 0.05) is 12.0 Å². The minimum Gasteiger partial charge on any atom is -0.426 e. The molecular formula is C18H21NO3. The smallest absolute Gasteiger partial charge is 0.312 e. The van der Waals surface area contributed by atoms with E-state index in [9.17, 15) is 9.59 Å². The minimum atomic E-state index is -0.456. The van der Waals surface area contributed by atoms with Crippen LogP contribution in [0.3, 0.4) is 0 Å². The van der Waals surface area contributed by atoms with Crippen molar-refractivity contribution in [3.63, 3.8) is 0 Å². The number of nitrogens with one attached hydrogen (secondary N) is 1. The molecule has 0 fully saturated rings. The quantitative estimate of drug-likeness (QED) is 0.696. The zero-order valence-electron chi connectivity index (χ0n) is 13.2. The van der Waals surface area contributed by atoms with Crippen LogP contribution in [0.1, 0.15) is 27.2 Å². The molecule has 116 valence electrons. The molecule has 1 N–H and O–H groups in total. The largest absolute Gasteiger partial charge is 0.426 e. The summed E-state index contributed by atoms with van der Waals surface area (Å²) in [5.41, 5.74) is -0.456. The van der Waals surface area contributed by atoms with Crippen molar-refractivity contribution in [1.29, 1.82) is 0 Å². The Bertz CT molecular complexity index is 686. The molecule has 2 aromatic rings. The number of benzene rings is 2.